The lowest BCUT2D eigenvalue weighted by molar-refractivity contribution is -0.118. The number of amides is 1. The summed E-state index contributed by atoms with van der Waals surface area (Å²) in [5, 5.41) is -0.462. The Kier molecular flexibility index (Phi) is 3.98. The summed E-state index contributed by atoms with van der Waals surface area (Å²) >= 11 is 0. The Bertz CT molecular complexity index is 842. The van der Waals surface area contributed by atoms with Crippen LogP contribution >= 0.6 is 0 Å². The molecule has 4 nitrogen and oxygen atoms in total. The predicted molar refractivity (Wildman–Crippen MR) is 90.7 cm³/mol. The van der Waals surface area contributed by atoms with Crippen LogP contribution in [0.2, 0.25) is 0 Å². The van der Waals surface area contributed by atoms with Crippen molar-refractivity contribution in [2.75, 3.05) is 4.90 Å². The molecule has 0 spiro atoms. The number of anilines is 2. The summed E-state index contributed by atoms with van der Waals surface area (Å²) in [5.74, 6) is 0.0307. The van der Waals surface area contributed by atoms with Gasteiger partial charge in [0.15, 0.2) is 9.84 Å². The lowest BCUT2D eigenvalue weighted by Gasteiger charge is -2.30. The first-order valence-electron chi connectivity index (χ1n) is 7.66. The zero-order chi connectivity index (χ0) is 16.6. The minimum Gasteiger partial charge on any atom is -0.281 e. The summed E-state index contributed by atoms with van der Waals surface area (Å²) < 4.78 is 24.7. The van der Waals surface area contributed by atoms with Gasteiger partial charge in [0.2, 0.25) is 5.91 Å². The van der Waals surface area contributed by atoms with Crippen LogP contribution < -0.4 is 4.90 Å². The van der Waals surface area contributed by atoms with Crippen LogP contribution in [0.15, 0.2) is 53.4 Å². The lowest BCUT2D eigenvalue weighted by Crippen LogP contribution is -2.31. The van der Waals surface area contributed by atoms with Gasteiger partial charge in [-0.2, -0.15) is 0 Å². The molecule has 120 valence electrons. The van der Waals surface area contributed by atoms with Crippen molar-refractivity contribution in [3.05, 3.63) is 54.1 Å². The number of carbonyl (C=O) groups is 1. The normalized spacial score (nSPS) is 14.9. The SMILES string of the molecule is CC(C)S(=O)(=O)c1ccc2c(c1)CCC(=O)N2c1ccccc1. The Balaban J connectivity index is 2.10. The van der Waals surface area contributed by atoms with Gasteiger partial charge in [-0.25, -0.2) is 8.42 Å². The number of hydrogen-bond acceptors (Lipinski definition) is 3. The molecular weight excluding hydrogens is 310 g/mol. The Morgan fingerprint density at radius 1 is 1.00 bits per heavy atom. The van der Waals surface area contributed by atoms with Crippen molar-refractivity contribution in [2.24, 2.45) is 0 Å². The van der Waals surface area contributed by atoms with Gasteiger partial charge in [-0.3, -0.25) is 9.69 Å². The molecule has 0 unspecified atom stereocenters. The second-order valence-electron chi connectivity index (χ2n) is 5.95. The molecule has 2 aromatic rings. The molecule has 0 radical (unpaired) electrons. The molecule has 1 amide bonds. The average molecular weight is 329 g/mol. The molecule has 2 aromatic carbocycles. The molecule has 23 heavy (non-hydrogen) atoms. The minimum absolute atomic E-state index is 0.0307. The molecule has 1 aliphatic heterocycles. The second-order valence-corrected chi connectivity index (χ2v) is 8.45. The van der Waals surface area contributed by atoms with Gasteiger partial charge in [0.05, 0.1) is 15.8 Å². The smallest absolute Gasteiger partial charge is 0.231 e. The van der Waals surface area contributed by atoms with E-state index in [4.69, 9.17) is 0 Å². The van der Waals surface area contributed by atoms with Crippen molar-refractivity contribution in [3.8, 4) is 0 Å². The highest BCUT2D eigenvalue weighted by atomic mass is 32.2. The first-order chi connectivity index (χ1) is 10.9. The van der Waals surface area contributed by atoms with E-state index in [1.807, 2.05) is 30.3 Å². The Labute approximate surface area is 136 Å². The van der Waals surface area contributed by atoms with Gasteiger partial charge in [-0.15, -0.1) is 0 Å². The highest BCUT2D eigenvalue weighted by Gasteiger charge is 2.28. The number of carbonyl (C=O) groups excluding carboxylic acids is 1. The Morgan fingerprint density at radius 2 is 1.70 bits per heavy atom. The number of benzene rings is 2. The number of sulfone groups is 1. The van der Waals surface area contributed by atoms with Crippen LogP contribution in [0.25, 0.3) is 0 Å². The molecule has 3 rings (SSSR count). The molecule has 5 heteroatoms. The molecule has 0 aliphatic carbocycles. The molecule has 0 atom stereocenters. The van der Waals surface area contributed by atoms with Crippen molar-refractivity contribution in [3.63, 3.8) is 0 Å². The first kappa shape index (κ1) is 15.7. The third kappa shape index (κ3) is 2.77. The van der Waals surface area contributed by atoms with E-state index in [1.54, 1.807) is 36.9 Å². The van der Waals surface area contributed by atoms with Gasteiger partial charge in [0.25, 0.3) is 0 Å². The maximum Gasteiger partial charge on any atom is 0.231 e. The first-order valence-corrected chi connectivity index (χ1v) is 9.20. The van der Waals surface area contributed by atoms with E-state index in [2.05, 4.69) is 0 Å². The summed E-state index contributed by atoms with van der Waals surface area (Å²) in [6, 6.07) is 14.5. The average Bonchev–Trinajstić information content (AvgIpc) is 2.55. The van der Waals surface area contributed by atoms with E-state index in [1.165, 1.54) is 0 Å². The minimum atomic E-state index is -3.31. The number of hydrogen-bond donors (Lipinski definition) is 0. The molecule has 1 aliphatic rings. The monoisotopic (exact) mass is 329 g/mol. The third-order valence-corrected chi connectivity index (χ3v) is 6.27. The van der Waals surface area contributed by atoms with E-state index in [0.29, 0.717) is 17.7 Å². The summed E-state index contributed by atoms with van der Waals surface area (Å²) in [7, 11) is -3.31. The summed E-state index contributed by atoms with van der Waals surface area (Å²) in [6.07, 6.45) is 0.950. The van der Waals surface area contributed by atoms with Crippen LogP contribution in [0, 0.1) is 0 Å². The number of nitrogens with zero attached hydrogens (tertiary/aromatic N) is 1. The fourth-order valence-corrected chi connectivity index (χ4v) is 3.89. The number of para-hydroxylation sites is 1. The van der Waals surface area contributed by atoms with Crippen molar-refractivity contribution >= 4 is 27.1 Å². The van der Waals surface area contributed by atoms with Crippen molar-refractivity contribution in [2.45, 2.75) is 36.8 Å². The Morgan fingerprint density at radius 3 is 2.35 bits per heavy atom. The molecule has 0 saturated carbocycles. The van der Waals surface area contributed by atoms with Gasteiger partial charge in [-0.1, -0.05) is 18.2 Å². The van der Waals surface area contributed by atoms with E-state index in [0.717, 1.165) is 16.9 Å². The molecule has 0 N–H and O–H groups in total. The quantitative estimate of drug-likeness (QED) is 0.866. The van der Waals surface area contributed by atoms with Crippen LogP contribution in [-0.2, 0) is 21.1 Å². The Hall–Kier alpha value is -2.14. The van der Waals surface area contributed by atoms with Gasteiger partial charge >= 0.3 is 0 Å². The van der Waals surface area contributed by atoms with Crippen LogP contribution in [0.1, 0.15) is 25.8 Å². The highest BCUT2D eigenvalue weighted by molar-refractivity contribution is 7.92. The highest BCUT2D eigenvalue weighted by Crippen LogP contribution is 2.35. The van der Waals surface area contributed by atoms with Crippen LogP contribution in [0.5, 0.6) is 0 Å². The van der Waals surface area contributed by atoms with E-state index in [9.17, 15) is 13.2 Å². The van der Waals surface area contributed by atoms with Crippen molar-refractivity contribution in [1.29, 1.82) is 0 Å². The van der Waals surface area contributed by atoms with Crippen molar-refractivity contribution in [1.82, 2.24) is 0 Å². The lowest BCUT2D eigenvalue weighted by atomic mass is 10.0. The molecular formula is C18H19NO3S. The second kappa shape index (κ2) is 5.81. The van der Waals surface area contributed by atoms with Gasteiger partial charge in [0.1, 0.15) is 0 Å². The zero-order valence-corrected chi connectivity index (χ0v) is 14.0. The summed E-state index contributed by atoms with van der Waals surface area (Å²) in [4.78, 5) is 14.4. The predicted octanol–water partition coefficient (Wildman–Crippen LogP) is 3.48. The van der Waals surface area contributed by atoms with E-state index in [-0.39, 0.29) is 5.91 Å². The topological polar surface area (TPSA) is 54.5 Å². The van der Waals surface area contributed by atoms with Crippen LogP contribution in [0.3, 0.4) is 0 Å². The van der Waals surface area contributed by atoms with Crippen LogP contribution in [-0.4, -0.2) is 19.6 Å². The molecule has 0 aromatic heterocycles. The number of fused-ring (bicyclic) bond motifs is 1. The van der Waals surface area contributed by atoms with Gasteiger partial charge in [0, 0.05) is 12.1 Å². The standard InChI is InChI=1S/C18H19NO3S/c1-13(2)23(21,22)16-9-10-17-14(12-16)8-11-18(20)19(17)15-6-4-3-5-7-15/h3-7,9-10,12-13H,8,11H2,1-2H3. The number of rotatable bonds is 3. The number of aryl methyl sites for hydroxylation is 1. The van der Waals surface area contributed by atoms with E-state index < -0.39 is 15.1 Å². The largest absolute Gasteiger partial charge is 0.281 e. The van der Waals surface area contributed by atoms with Crippen LogP contribution in [0.4, 0.5) is 11.4 Å². The maximum atomic E-state index is 12.4. The molecule has 0 bridgehead atoms. The molecule has 0 saturated heterocycles. The fraction of sp³-hybridized carbons (Fsp3) is 0.278. The zero-order valence-electron chi connectivity index (χ0n) is 13.2. The van der Waals surface area contributed by atoms with Gasteiger partial charge in [-0.05, 0) is 56.2 Å². The summed E-state index contributed by atoms with van der Waals surface area (Å²) in [5.41, 5.74) is 2.48. The van der Waals surface area contributed by atoms with E-state index >= 15 is 0 Å². The molecule has 0 fully saturated rings. The van der Waals surface area contributed by atoms with Crippen molar-refractivity contribution < 1.29 is 13.2 Å². The maximum absolute atomic E-state index is 12.4. The van der Waals surface area contributed by atoms with Gasteiger partial charge < -0.3 is 0 Å². The summed E-state index contributed by atoms with van der Waals surface area (Å²) in [6.45, 7) is 3.35. The fourth-order valence-electron chi connectivity index (χ4n) is 2.78. The molecule has 1 heterocycles. The third-order valence-electron chi connectivity index (χ3n) is 4.11.